The molecule has 1 saturated heterocycles. The third-order valence-corrected chi connectivity index (χ3v) is 8.13. The molecule has 0 unspecified atom stereocenters. The molecule has 4 nitrogen and oxygen atoms in total. The SMILES string of the molecule is CC(C)N([11CH3])C(=O)[C@@H](Cc1ccccc1F)CN1CCC2(CC1)OCCc1cc(F)sc12. The van der Waals surface area contributed by atoms with Crippen LogP contribution in [-0.4, -0.2) is 55.0 Å². The third-order valence-electron chi connectivity index (χ3n) is 6.98. The molecule has 7 heteroatoms. The minimum Gasteiger partial charge on any atom is -0.369 e. The molecule has 174 valence electrons. The molecule has 0 aliphatic carbocycles. The van der Waals surface area contributed by atoms with Crippen molar-refractivity contribution in [1.29, 1.82) is 0 Å². The molecule has 3 heterocycles. The van der Waals surface area contributed by atoms with Crippen LogP contribution in [0.2, 0.25) is 0 Å². The highest BCUT2D eigenvalue weighted by Gasteiger charge is 2.43. The van der Waals surface area contributed by atoms with Gasteiger partial charge in [0.1, 0.15) is 11.4 Å². The minimum absolute atomic E-state index is 0.0417. The van der Waals surface area contributed by atoms with E-state index in [4.69, 9.17) is 4.74 Å². The Balaban J connectivity index is 1.47. The monoisotopic (exact) mass is 461 g/mol. The first-order valence-electron chi connectivity index (χ1n) is 11.4. The smallest absolute Gasteiger partial charge is 0.227 e. The molecule has 4 rings (SSSR count). The summed E-state index contributed by atoms with van der Waals surface area (Å²) in [5.41, 5.74) is 1.25. The fourth-order valence-corrected chi connectivity index (χ4v) is 6.01. The van der Waals surface area contributed by atoms with Gasteiger partial charge in [-0.3, -0.25) is 4.79 Å². The number of benzene rings is 1. The number of hydrogen-bond donors (Lipinski definition) is 0. The number of fused-ring (bicyclic) bond motifs is 2. The van der Waals surface area contributed by atoms with Crippen molar-refractivity contribution in [3.63, 3.8) is 0 Å². The van der Waals surface area contributed by atoms with E-state index in [1.807, 2.05) is 27.0 Å². The quantitative estimate of drug-likeness (QED) is 0.630. The van der Waals surface area contributed by atoms with Crippen molar-refractivity contribution in [2.45, 2.75) is 51.2 Å². The highest BCUT2D eigenvalue weighted by atomic mass is 32.1. The number of likely N-dealkylation sites (tertiary alicyclic amines) is 1. The van der Waals surface area contributed by atoms with Crippen LogP contribution in [0, 0.1) is 16.9 Å². The van der Waals surface area contributed by atoms with Crippen molar-refractivity contribution in [2.24, 2.45) is 5.92 Å². The summed E-state index contributed by atoms with van der Waals surface area (Å²) in [4.78, 5) is 18.3. The van der Waals surface area contributed by atoms with Gasteiger partial charge in [-0.1, -0.05) is 18.2 Å². The molecule has 1 spiro atoms. The van der Waals surface area contributed by atoms with Crippen molar-refractivity contribution in [2.75, 3.05) is 33.3 Å². The van der Waals surface area contributed by atoms with Crippen LogP contribution in [0.1, 0.15) is 42.7 Å². The summed E-state index contributed by atoms with van der Waals surface area (Å²) in [6.45, 7) is 6.71. The number of halogens is 2. The van der Waals surface area contributed by atoms with E-state index in [-0.39, 0.29) is 28.8 Å². The van der Waals surface area contributed by atoms with Crippen LogP contribution in [-0.2, 0) is 28.0 Å². The lowest BCUT2D eigenvalue weighted by Crippen LogP contribution is -2.49. The summed E-state index contributed by atoms with van der Waals surface area (Å²) in [6.07, 6.45) is 2.70. The van der Waals surface area contributed by atoms with Gasteiger partial charge in [-0.2, -0.15) is 4.39 Å². The van der Waals surface area contributed by atoms with E-state index in [9.17, 15) is 13.6 Å². The highest BCUT2D eigenvalue weighted by Crippen LogP contribution is 2.45. The molecule has 1 fully saturated rings. The predicted molar refractivity (Wildman–Crippen MR) is 123 cm³/mol. The van der Waals surface area contributed by atoms with Crippen molar-refractivity contribution >= 4 is 17.2 Å². The van der Waals surface area contributed by atoms with Crippen molar-refractivity contribution in [3.05, 3.63) is 57.3 Å². The summed E-state index contributed by atoms with van der Waals surface area (Å²) in [5.74, 6) is -0.548. The summed E-state index contributed by atoms with van der Waals surface area (Å²) in [5, 5.41) is -0.144. The van der Waals surface area contributed by atoms with E-state index < -0.39 is 5.60 Å². The zero-order chi connectivity index (χ0) is 22.9. The van der Waals surface area contributed by atoms with Crippen LogP contribution < -0.4 is 0 Å². The first-order valence-corrected chi connectivity index (χ1v) is 12.3. The highest BCUT2D eigenvalue weighted by molar-refractivity contribution is 7.10. The fraction of sp³-hybridized carbons (Fsp3) is 0.560. The Morgan fingerprint density at radius 1 is 1.25 bits per heavy atom. The number of amides is 1. The zero-order valence-corrected chi connectivity index (χ0v) is 19.9. The maximum Gasteiger partial charge on any atom is 0.227 e. The maximum absolute atomic E-state index is 14.3. The third kappa shape index (κ3) is 4.75. The lowest BCUT2D eigenvalue weighted by molar-refractivity contribution is -0.137. The van der Waals surface area contributed by atoms with E-state index in [0.717, 1.165) is 42.8 Å². The van der Waals surface area contributed by atoms with Crippen LogP contribution in [0.4, 0.5) is 8.78 Å². The van der Waals surface area contributed by atoms with E-state index in [1.165, 1.54) is 17.4 Å². The number of ether oxygens (including phenoxy) is 1. The van der Waals surface area contributed by atoms with Gasteiger partial charge in [0.15, 0.2) is 5.13 Å². The first kappa shape index (κ1) is 23.3. The molecule has 2 aliphatic rings. The molecular formula is C25H32F2N2O2S. The van der Waals surface area contributed by atoms with Gasteiger partial charge in [0.2, 0.25) is 5.91 Å². The van der Waals surface area contributed by atoms with Crippen LogP contribution in [0.25, 0.3) is 0 Å². The molecule has 0 saturated carbocycles. The number of carbonyl (C=O) groups excluding carboxylic acids is 1. The van der Waals surface area contributed by atoms with E-state index in [1.54, 1.807) is 23.1 Å². The molecule has 2 aromatic rings. The van der Waals surface area contributed by atoms with Crippen molar-refractivity contribution < 1.29 is 18.3 Å². The van der Waals surface area contributed by atoms with E-state index in [2.05, 4.69) is 4.90 Å². The van der Waals surface area contributed by atoms with Gasteiger partial charge in [-0.15, -0.1) is 11.3 Å². The van der Waals surface area contributed by atoms with Gasteiger partial charge < -0.3 is 14.5 Å². The van der Waals surface area contributed by atoms with Crippen molar-refractivity contribution in [3.8, 4) is 0 Å². The normalized spacial score (nSPS) is 19.2. The van der Waals surface area contributed by atoms with Crippen LogP contribution >= 0.6 is 11.3 Å². The average Bonchev–Trinajstić information content (AvgIpc) is 3.17. The minimum atomic E-state index is -0.404. The molecule has 0 bridgehead atoms. The summed E-state index contributed by atoms with van der Waals surface area (Å²) in [6, 6.07) is 8.44. The Morgan fingerprint density at radius 3 is 2.66 bits per heavy atom. The average molecular weight is 462 g/mol. The largest absolute Gasteiger partial charge is 0.369 e. The van der Waals surface area contributed by atoms with Crippen LogP contribution in [0.15, 0.2) is 30.3 Å². The molecule has 2 aliphatic heterocycles. The lowest BCUT2D eigenvalue weighted by Gasteiger charge is -2.44. The number of hydrogen-bond acceptors (Lipinski definition) is 4. The maximum atomic E-state index is 14.3. The molecule has 32 heavy (non-hydrogen) atoms. The number of piperidine rings is 1. The molecular weight excluding hydrogens is 429 g/mol. The Labute approximate surface area is 193 Å². The second-order valence-electron chi connectivity index (χ2n) is 9.33. The predicted octanol–water partition coefficient (Wildman–Crippen LogP) is 4.62. The molecule has 1 amide bonds. The molecule has 0 radical (unpaired) electrons. The zero-order valence-electron chi connectivity index (χ0n) is 19.1. The Hall–Kier alpha value is -1.83. The topological polar surface area (TPSA) is 32.8 Å². The number of nitrogens with zero attached hydrogens (tertiary/aromatic N) is 2. The fourth-order valence-electron chi connectivity index (χ4n) is 4.87. The van der Waals surface area contributed by atoms with E-state index in [0.29, 0.717) is 25.1 Å². The Kier molecular flexibility index (Phi) is 6.98. The lowest BCUT2D eigenvalue weighted by atomic mass is 9.84. The number of thiophene rings is 1. The van der Waals surface area contributed by atoms with Crippen LogP contribution in [0.3, 0.4) is 0 Å². The summed E-state index contributed by atoms with van der Waals surface area (Å²) >= 11 is 1.21. The molecule has 0 N–H and O–H groups in total. The first-order chi connectivity index (χ1) is 15.3. The molecule has 1 aromatic heterocycles. The summed E-state index contributed by atoms with van der Waals surface area (Å²) < 4.78 is 34.5. The van der Waals surface area contributed by atoms with Crippen molar-refractivity contribution in [1.82, 2.24) is 9.80 Å². The second-order valence-corrected chi connectivity index (χ2v) is 10.3. The number of rotatable bonds is 6. The second kappa shape index (κ2) is 9.57. The molecule has 1 atom stereocenters. The summed E-state index contributed by atoms with van der Waals surface area (Å²) in [7, 11) is 1.81. The van der Waals surface area contributed by atoms with Gasteiger partial charge >= 0.3 is 0 Å². The number of carbonyl (C=O) groups is 1. The van der Waals surface area contributed by atoms with Gasteiger partial charge in [0, 0.05) is 37.6 Å². The molecule has 1 aromatic carbocycles. The Bertz CT molecular complexity index is 953. The standard InChI is InChI=1S/C25H32F2N2O2S/c1-17(2)28(3)24(30)20(14-18-6-4-5-7-21(18)26)16-29-11-9-25(10-12-29)23-19(8-13-31-25)15-22(27)32-23/h4-7,15,17,20H,8-14,16H2,1-3H3/t20-/m0/s1/i3-1. The van der Waals surface area contributed by atoms with Crippen LogP contribution in [0.5, 0.6) is 0 Å². The van der Waals surface area contributed by atoms with Gasteiger partial charge in [0.05, 0.1) is 12.5 Å². The van der Waals surface area contributed by atoms with E-state index >= 15 is 0 Å². The van der Waals surface area contributed by atoms with Gasteiger partial charge in [-0.05, 0) is 62.8 Å². The Morgan fingerprint density at radius 2 is 1.97 bits per heavy atom. The van der Waals surface area contributed by atoms with Gasteiger partial charge in [-0.25, -0.2) is 4.39 Å². The van der Waals surface area contributed by atoms with Gasteiger partial charge in [0.25, 0.3) is 0 Å².